The van der Waals surface area contributed by atoms with Crippen LogP contribution in [0.2, 0.25) is 0 Å². The van der Waals surface area contributed by atoms with Crippen molar-refractivity contribution in [2.24, 2.45) is 5.10 Å². The Labute approximate surface area is 182 Å². The molecule has 0 heterocycles. The molecule has 3 rings (SSSR count). The van der Waals surface area contributed by atoms with Gasteiger partial charge in [0.05, 0.1) is 23.9 Å². The number of hydrazone groups is 1. The molecule has 1 amide bonds. The first-order chi connectivity index (χ1) is 14.9. The summed E-state index contributed by atoms with van der Waals surface area (Å²) in [6.45, 7) is 1.54. The van der Waals surface area contributed by atoms with Crippen molar-refractivity contribution in [3.05, 3.63) is 90.0 Å². The molecule has 0 saturated carbocycles. The van der Waals surface area contributed by atoms with E-state index in [4.69, 9.17) is 4.74 Å². The molecule has 8 heteroatoms. The number of benzene rings is 3. The number of sulfonamides is 1. The van der Waals surface area contributed by atoms with Crippen LogP contribution in [0.1, 0.15) is 11.1 Å². The van der Waals surface area contributed by atoms with Crippen LogP contribution in [0.25, 0.3) is 0 Å². The first kappa shape index (κ1) is 22.0. The molecule has 0 bridgehead atoms. The van der Waals surface area contributed by atoms with Crippen molar-refractivity contribution in [1.29, 1.82) is 0 Å². The van der Waals surface area contributed by atoms with Crippen LogP contribution in [-0.2, 0) is 14.8 Å². The van der Waals surface area contributed by atoms with Gasteiger partial charge in [0.15, 0.2) is 0 Å². The maximum absolute atomic E-state index is 13.2. The SMILES string of the molecule is COc1ccc(N(CC(=O)N/N=C\c2ccc(C)cc2)S(=O)(=O)c2ccccc2)cc1. The van der Waals surface area contributed by atoms with Crippen molar-refractivity contribution in [2.45, 2.75) is 11.8 Å². The third kappa shape index (κ3) is 5.70. The number of nitrogens with one attached hydrogen (secondary N) is 1. The Morgan fingerprint density at radius 3 is 2.26 bits per heavy atom. The van der Waals surface area contributed by atoms with Crippen LogP contribution in [0.15, 0.2) is 88.9 Å². The summed E-state index contributed by atoms with van der Waals surface area (Å²) in [4.78, 5) is 12.6. The predicted octanol–water partition coefficient (Wildman–Crippen LogP) is 3.35. The molecule has 160 valence electrons. The molecule has 0 aliphatic rings. The van der Waals surface area contributed by atoms with Crippen molar-refractivity contribution >= 4 is 27.8 Å². The number of methoxy groups -OCH3 is 1. The Balaban J connectivity index is 1.82. The lowest BCUT2D eigenvalue weighted by Gasteiger charge is -2.23. The standard InChI is InChI=1S/C23H23N3O4S/c1-18-8-10-19(11-9-18)16-24-25-23(27)17-26(20-12-14-21(30-2)15-13-20)31(28,29)22-6-4-3-5-7-22/h3-16H,17H2,1-2H3,(H,25,27)/b24-16-. The fourth-order valence-corrected chi connectivity index (χ4v) is 4.22. The summed E-state index contributed by atoms with van der Waals surface area (Å²) < 4.78 is 32.6. The topological polar surface area (TPSA) is 88.1 Å². The Hall–Kier alpha value is -3.65. The first-order valence-corrected chi connectivity index (χ1v) is 10.9. The number of hydrogen-bond acceptors (Lipinski definition) is 5. The van der Waals surface area contributed by atoms with Crippen LogP contribution in [0.4, 0.5) is 5.69 Å². The number of aryl methyl sites for hydroxylation is 1. The van der Waals surface area contributed by atoms with Gasteiger partial charge in [0.1, 0.15) is 12.3 Å². The summed E-state index contributed by atoms with van der Waals surface area (Å²) in [6.07, 6.45) is 1.50. The molecule has 31 heavy (non-hydrogen) atoms. The molecule has 0 radical (unpaired) electrons. The van der Waals surface area contributed by atoms with E-state index in [0.717, 1.165) is 15.4 Å². The monoisotopic (exact) mass is 437 g/mol. The van der Waals surface area contributed by atoms with Crippen molar-refractivity contribution in [3.63, 3.8) is 0 Å². The largest absolute Gasteiger partial charge is 0.497 e. The molecule has 3 aromatic rings. The minimum atomic E-state index is -3.97. The average Bonchev–Trinajstić information content (AvgIpc) is 2.79. The highest BCUT2D eigenvalue weighted by atomic mass is 32.2. The van der Waals surface area contributed by atoms with Gasteiger partial charge in [-0.3, -0.25) is 9.10 Å². The molecular formula is C23H23N3O4S. The summed E-state index contributed by atoms with van der Waals surface area (Å²) in [5.74, 6) is 0.00615. The van der Waals surface area contributed by atoms with E-state index in [0.29, 0.717) is 11.4 Å². The molecule has 3 aromatic carbocycles. The van der Waals surface area contributed by atoms with Crippen LogP contribution in [0.5, 0.6) is 5.75 Å². The van der Waals surface area contributed by atoms with Gasteiger partial charge in [-0.2, -0.15) is 5.10 Å². The minimum absolute atomic E-state index is 0.0850. The minimum Gasteiger partial charge on any atom is -0.497 e. The van der Waals surface area contributed by atoms with Gasteiger partial charge in [-0.15, -0.1) is 0 Å². The fraction of sp³-hybridized carbons (Fsp3) is 0.130. The normalized spacial score (nSPS) is 11.3. The van der Waals surface area contributed by atoms with Gasteiger partial charge in [0.2, 0.25) is 0 Å². The van der Waals surface area contributed by atoms with E-state index in [1.54, 1.807) is 42.5 Å². The third-order valence-corrected chi connectivity index (χ3v) is 6.25. The highest BCUT2D eigenvalue weighted by molar-refractivity contribution is 7.92. The molecule has 0 atom stereocenters. The van der Waals surface area contributed by atoms with E-state index in [9.17, 15) is 13.2 Å². The molecule has 0 aromatic heterocycles. The zero-order valence-electron chi connectivity index (χ0n) is 17.2. The number of ether oxygens (including phenoxy) is 1. The zero-order valence-corrected chi connectivity index (χ0v) is 18.0. The number of carbonyl (C=O) groups excluding carboxylic acids is 1. The van der Waals surface area contributed by atoms with E-state index < -0.39 is 22.5 Å². The van der Waals surface area contributed by atoms with Gasteiger partial charge in [-0.25, -0.2) is 13.8 Å². The summed E-state index contributed by atoms with van der Waals surface area (Å²) in [5, 5.41) is 3.93. The van der Waals surface area contributed by atoms with Crippen molar-refractivity contribution in [1.82, 2.24) is 5.43 Å². The number of hydrogen-bond donors (Lipinski definition) is 1. The second kappa shape index (κ2) is 9.90. The lowest BCUT2D eigenvalue weighted by Crippen LogP contribution is -2.39. The summed E-state index contributed by atoms with van der Waals surface area (Å²) >= 11 is 0. The highest BCUT2D eigenvalue weighted by Gasteiger charge is 2.27. The molecule has 0 spiro atoms. The van der Waals surface area contributed by atoms with E-state index >= 15 is 0 Å². The van der Waals surface area contributed by atoms with Gasteiger partial charge in [0.25, 0.3) is 15.9 Å². The van der Waals surface area contributed by atoms with Crippen molar-refractivity contribution in [2.75, 3.05) is 18.0 Å². The van der Waals surface area contributed by atoms with E-state index in [1.165, 1.54) is 25.5 Å². The van der Waals surface area contributed by atoms with Crippen molar-refractivity contribution in [3.8, 4) is 5.75 Å². The van der Waals surface area contributed by atoms with Gasteiger partial charge in [-0.1, -0.05) is 48.0 Å². The molecule has 1 N–H and O–H groups in total. The van der Waals surface area contributed by atoms with Crippen LogP contribution >= 0.6 is 0 Å². The molecule has 0 saturated heterocycles. The number of nitrogens with zero attached hydrogens (tertiary/aromatic N) is 2. The Morgan fingerprint density at radius 1 is 1.00 bits per heavy atom. The summed E-state index contributed by atoms with van der Waals surface area (Å²) in [6, 6.07) is 22.0. The Morgan fingerprint density at radius 2 is 1.65 bits per heavy atom. The number of amides is 1. The molecule has 0 aliphatic carbocycles. The quantitative estimate of drug-likeness (QED) is 0.432. The maximum atomic E-state index is 13.2. The van der Waals surface area contributed by atoms with Gasteiger partial charge >= 0.3 is 0 Å². The summed E-state index contributed by atoms with van der Waals surface area (Å²) in [7, 11) is -2.45. The first-order valence-electron chi connectivity index (χ1n) is 9.50. The van der Waals surface area contributed by atoms with Crippen LogP contribution < -0.4 is 14.5 Å². The van der Waals surface area contributed by atoms with Crippen LogP contribution in [0, 0.1) is 6.92 Å². The van der Waals surface area contributed by atoms with Gasteiger partial charge in [0, 0.05) is 0 Å². The molecular weight excluding hydrogens is 414 g/mol. The Bertz CT molecular complexity index is 1140. The zero-order chi connectivity index (χ0) is 22.3. The number of carbonyl (C=O) groups is 1. The number of anilines is 1. The van der Waals surface area contributed by atoms with E-state index in [2.05, 4.69) is 10.5 Å². The smallest absolute Gasteiger partial charge is 0.264 e. The predicted molar refractivity (Wildman–Crippen MR) is 121 cm³/mol. The van der Waals surface area contributed by atoms with Gasteiger partial charge in [-0.05, 0) is 48.9 Å². The molecule has 7 nitrogen and oxygen atoms in total. The highest BCUT2D eigenvalue weighted by Crippen LogP contribution is 2.25. The maximum Gasteiger partial charge on any atom is 0.264 e. The molecule has 0 aliphatic heterocycles. The van der Waals surface area contributed by atoms with Gasteiger partial charge < -0.3 is 4.74 Å². The van der Waals surface area contributed by atoms with Crippen molar-refractivity contribution < 1.29 is 17.9 Å². The lowest BCUT2D eigenvalue weighted by molar-refractivity contribution is -0.119. The number of rotatable bonds is 8. The third-order valence-electron chi connectivity index (χ3n) is 4.46. The molecule has 0 unspecified atom stereocenters. The fourth-order valence-electron chi connectivity index (χ4n) is 2.78. The van der Waals surface area contributed by atoms with Crippen LogP contribution in [0.3, 0.4) is 0 Å². The summed E-state index contributed by atoms with van der Waals surface area (Å²) in [5.41, 5.74) is 4.66. The second-order valence-electron chi connectivity index (χ2n) is 6.73. The second-order valence-corrected chi connectivity index (χ2v) is 8.59. The lowest BCUT2D eigenvalue weighted by atomic mass is 10.2. The van der Waals surface area contributed by atoms with E-state index in [1.807, 2.05) is 31.2 Å². The Kier molecular flexibility index (Phi) is 7.04. The average molecular weight is 438 g/mol. The molecule has 0 fully saturated rings. The van der Waals surface area contributed by atoms with E-state index in [-0.39, 0.29) is 4.90 Å². The van der Waals surface area contributed by atoms with Crippen LogP contribution in [-0.4, -0.2) is 34.2 Å².